The number of ether oxygens (including phenoxy) is 1. The van der Waals surface area contributed by atoms with E-state index in [-0.39, 0.29) is 17.4 Å². The van der Waals surface area contributed by atoms with Gasteiger partial charge in [0.25, 0.3) is 0 Å². The molecule has 1 aliphatic heterocycles. The maximum atomic E-state index is 13.0. The Morgan fingerprint density at radius 1 is 1.07 bits per heavy atom. The van der Waals surface area contributed by atoms with Gasteiger partial charge in [-0.25, -0.2) is 4.79 Å². The molecule has 1 heterocycles. The van der Waals surface area contributed by atoms with Gasteiger partial charge in [0.2, 0.25) is 0 Å². The van der Waals surface area contributed by atoms with Crippen LogP contribution >= 0.6 is 0 Å². The number of esters is 1. The summed E-state index contributed by atoms with van der Waals surface area (Å²) in [6, 6.07) is 19.8. The lowest BCUT2D eigenvalue weighted by Crippen LogP contribution is -2.47. The molecular weight excluding hydrogens is 350 g/mol. The second-order valence-corrected chi connectivity index (χ2v) is 7.65. The number of aliphatic hydroxyl groups is 1. The third-order valence-electron chi connectivity index (χ3n) is 5.62. The molecule has 0 bridgehead atoms. The average molecular weight is 380 g/mol. The number of benzene rings is 2. The van der Waals surface area contributed by atoms with Crippen LogP contribution in [0, 0.1) is 5.92 Å². The molecule has 1 aliphatic rings. The molecule has 28 heavy (non-hydrogen) atoms. The second kappa shape index (κ2) is 8.51. The molecule has 0 saturated heterocycles. The van der Waals surface area contributed by atoms with E-state index in [0.29, 0.717) is 19.4 Å². The number of anilines is 1. The summed E-state index contributed by atoms with van der Waals surface area (Å²) in [5, 5.41) is 10.9. The summed E-state index contributed by atoms with van der Waals surface area (Å²) in [6.07, 6.45) is 1.81. The molecule has 4 heteroatoms. The Kier molecular flexibility index (Phi) is 6.08. The number of cyclic esters (lactones) is 1. The summed E-state index contributed by atoms with van der Waals surface area (Å²) in [4.78, 5) is 14.8. The number of rotatable bonds is 7. The smallest absolute Gasteiger partial charge is 0.359 e. The number of carbonyl (C=O) groups is 1. The van der Waals surface area contributed by atoms with Crippen molar-refractivity contribution in [2.45, 2.75) is 45.6 Å². The van der Waals surface area contributed by atoms with Crippen LogP contribution in [0.25, 0.3) is 0 Å². The van der Waals surface area contributed by atoms with Gasteiger partial charge in [0, 0.05) is 18.7 Å². The van der Waals surface area contributed by atoms with Crippen molar-refractivity contribution in [2.24, 2.45) is 5.92 Å². The van der Waals surface area contributed by atoms with Crippen LogP contribution < -0.4 is 4.90 Å². The van der Waals surface area contributed by atoms with E-state index in [1.54, 1.807) is 0 Å². The largest absolute Gasteiger partial charge is 0.510 e. The molecule has 0 radical (unpaired) electrons. The van der Waals surface area contributed by atoms with Crippen molar-refractivity contribution in [1.82, 2.24) is 0 Å². The third-order valence-corrected chi connectivity index (χ3v) is 5.62. The van der Waals surface area contributed by atoms with Gasteiger partial charge < -0.3 is 14.7 Å². The number of aryl methyl sites for hydroxylation is 1. The molecule has 3 rings (SSSR count). The normalized spacial score (nSPS) is 19.6. The molecule has 0 saturated carbocycles. The van der Waals surface area contributed by atoms with Gasteiger partial charge >= 0.3 is 5.97 Å². The first-order chi connectivity index (χ1) is 13.5. The minimum atomic E-state index is -0.698. The van der Waals surface area contributed by atoms with Crippen LogP contribution in [0.5, 0.6) is 0 Å². The molecule has 0 spiro atoms. The van der Waals surface area contributed by atoms with Crippen molar-refractivity contribution in [3.8, 4) is 0 Å². The Bertz CT molecular complexity index is 829. The zero-order valence-corrected chi connectivity index (χ0v) is 16.9. The first kappa shape index (κ1) is 20.0. The van der Waals surface area contributed by atoms with E-state index in [9.17, 15) is 9.90 Å². The van der Waals surface area contributed by atoms with E-state index in [1.807, 2.05) is 74.2 Å². The van der Waals surface area contributed by atoms with Crippen molar-refractivity contribution in [2.75, 3.05) is 11.4 Å². The van der Waals surface area contributed by atoms with Gasteiger partial charge in [-0.05, 0) is 43.4 Å². The third kappa shape index (κ3) is 4.06. The number of carbonyl (C=O) groups excluding carboxylic acids is 1. The van der Waals surface area contributed by atoms with Crippen LogP contribution in [0.2, 0.25) is 0 Å². The summed E-state index contributed by atoms with van der Waals surface area (Å²) in [7, 11) is 0. The van der Waals surface area contributed by atoms with Crippen LogP contribution in [-0.4, -0.2) is 23.2 Å². The first-order valence-corrected chi connectivity index (χ1v) is 9.99. The molecule has 1 atom stereocenters. The van der Waals surface area contributed by atoms with Crippen LogP contribution in [-0.2, 0) is 16.0 Å². The number of para-hydroxylation sites is 1. The Morgan fingerprint density at radius 3 is 2.21 bits per heavy atom. The van der Waals surface area contributed by atoms with E-state index < -0.39 is 11.6 Å². The number of hydrogen-bond acceptors (Lipinski definition) is 4. The van der Waals surface area contributed by atoms with E-state index in [0.717, 1.165) is 12.1 Å². The highest BCUT2D eigenvalue weighted by Crippen LogP contribution is 2.40. The Balaban J connectivity index is 1.88. The van der Waals surface area contributed by atoms with Crippen LogP contribution in [0.15, 0.2) is 72.1 Å². The fourth-order valence-corrected chi connectivity index (χ4v) is 3.85. The molecule has 148 valence electrons. The molecular formula is C24H29NO3. The van der Waals surface area contributed by atoms with Crippen molar-refractivity contribution in [3.63, 3.8) is 0 Å². The lowest BCUT2D eigenvalue weighted by atomic mass is 9.79. The van der Waals surface area contributed by atoms with Crippen LogP contribution in [0.4, 0.5) is 5.69 Å². The van der Waals surface area contributed by atoms with Gasteiger partial charge in [0.05, 0.1) is 0 Å². The minimum Gasteiger partial charge on any atom is -0.510 e. The van der Waals surface area contributed by atoms with Crippen molar-refractivity contribution in [1.29, 1.82) is 0 Å². The summed E-state index contributed by atoms with van der Waals surface area (Å²) >= 11 is 0. The number of likely N-dealkylation sites (N-methyl/N-ethyl adjacent to an activating group) is 1. The van der Waals surface area contributed by atoms with Crippen LogP contribution in [0.3, 0.4) is 0 Å². The van der Waals surface area contributed by atoms with Gasteiger partial charge in [-0.2, -0.15) is 0 Å². The predicted octanol–water partition coefficient (Wildman–Crippen LogP) is 5.26. The zero-order valence-electron chi connectivity index (χ0n) is 16.9. The molecule has 2 aromatic rings. The fraction of sp³-hybridized carbons (Fsp3) is 0.375. The molecule has 0 aromatic heterocycles. The minimum absolute atomic E-state index is 0.0932. The molecule has 2 aromatic carbocycles. The predicted molar refractivity (Wildman–Crippen MR) is 112 cm³/mol. The number of hydrogen-bond donors (Lipinski definition) is 1. The number of nitrogens with zero attached hydrogens (tertiary/aromatic N) is 1. The van der Waals surface area contributed by atoms with Gasteiger partial charge in [0.1, 0.15) is 11.4 Å². The lowest BCUT2D eigenvalue weighted by Gasteiger charge is -2.42. The summed E-state index contributed by atoms with van der Waals surface area (Å²) in [5.74, 6) is -0.240. The molecule has 1 unspecified atom stereocenters. The highest BCUT2D eigenvalue weighted by Gasteiger charge is 2.45. The van der Waals surface area contributed by atoms with E-state index in [1.165, 1.54) is 5.56 Å². The topological polar surface area (TPSA) is 49.8 Å². The Morgan fingerprint density at radius 2 is 1.68 bits per heavy atom. The quantitative estimate of drug-likeness (QED) is 0.667. The van der Waals surface area contributed by atoms with Crippen LogP contribution in [0.1, 0.15) is 39.2 Å². The second-order valence-electron chi connectivity index (χ2n) is 7.65. The molecule has 0 amide bonds. The summed E-state index contributed by atoms with van der Waals surface area (Å²) in [6.45, 7) is 6.62. The van der Waals surface area contributed by atoms with Crippen molar-refractivity contribution >= 4 is 11.7 Å². The van der Waals surface area contributed by atoms with Crippen molar-refractivity contribution < 1.29 is 14.6 Å². The Labute approximate surface area is 167 Å². The van der Waals surface area contributed by atoms with Gasteiger partial charge in [-0.1, -0.05) is 62.4 Å². The summed E-state index contributed by atoms with van der Waals surface area (Å²) in [5.41, 5.74) is 1.62. The van der Waals surface area contributed by atoms with Crippen molar-refractivity contribution in [3.05, 3.63) is 77.7 Å². The molecule has 4 nitrogen and oxygen atoms in total. The monoisotopic (exact) mass is 379 g/mol. The SMILES string of the molecule is CCN(C1=C(O)CC(CCc2ccccc2)(C(C)C)OC1=O)c1ccccc1. The standard InChI is InChI=1S/C24H29NO3/c1-4-25(20-13-9-6-10-14-20)22-21(26)17-24(18(2)3,28-23(22)27)16-15-19-11-7-5-8-12-19/h5-14,18,26H,4,15-17H2,1-3H3. The highest BCUT2D eigenvalue weighted by atomic mass is 16.6. The molecule has 0 aliphatic carbocycles. The van der Waals surface area contributed by atoms with Gasteiger partial charge in [-0.15, -0.1) is 0 Å². The van der Waals surface area contributed by atoms with E-state index in [4.69, 9.17) is 4.74 Å². The number of aliphatic hydroxyl groups excluding tert-OH is 1. The lowest BCUT2D eigenvalue weighted by molar-refractivity contribution is -0.166. The fourth-order valence-electron chi connectivity index (χ4n) is 3.85. The van der Waals surface area contributed by atoms with Gasteiger partial charge in [0.15, 0.2) is 5.70 Å². The average Bonchev–Trinajstić information content (AvgIpc) is 2.70. The maximum absolute atomic E-state index is 13.0. The van der Waals surface area contributed by atoms with Gasteiger partial charge in [-0.3, -0.25) is 0 Å². The first-order valence-electron chi connectivity index (χ1n) is 9.99. The summed E-state index contributed by atoms with van der Waals surface area (Å²) < 4.78 is 6.05. The molecule has 1 N–H and O–H groups in total. The highest BCUT2D eigenvalue weighted by molar-refractivity contribution is 5.94. The van der Waals surface area contributed by atoms with E-state index >= 15 is 0 Å². The maximum Gasteiger partial charge on any atom is 0.359 e. The zero-order chi connectivity index (χ0) is 20.1. The molecule has 0 fully saturated rings. The Hall–Kier alpha value is -2.75. The van der Waals surface area contributed by atoms with E-state index in [2.05, 4.69) is 12.1 Å².